The maximum absolute atomic E-state index is 13.0. The van der Waals surface area contributed by atoms with Crippen molar-refractivity contribution in [1.82, 2.24) is 0 Å². The number of nitrogens with one attached hydrogen (secondary N) is 1. The zero-order chi connectivity index (χ0) is 15.4. The molecular formula is C15H12BrF2NO2. The van der Waals surface area contributed by atoms with E-state index in [2.05, 4.69) is 21.2 Å². The summed E-state index contributed by atoms with van der Waals surface area (Å²) in [5.41, 5.74) is 1.45. The van der Waals surface area contributed by atoms with Crippen LogP contribution in [-0.2, 0) is 6.42 Å². The second-order valence-electron chi connectivity index (χ2n) is 4.45. The molecule has 3 nitrogen and oxygen atoms in total. The summed E-state index contributed by atoms with van der Waals surface area (Å²) in [7, 11) is 0. The second kappa shape index (κ2) is 6.67. The fourth-order valence-corrected chi connectivity index (χ4v) is 2.41. The van der Waals surface area contributed by atoms with Gasteiger partial charge in [-0.05, 0) is 58.2 Å². The minimum atomic E-state index is -1.00. The Kier molecular flexibility index (Phi) is 4.90. The second-order valence-corrected chi connectivity index (χ2v) is 5.31. The first-order valence-electron chi connectivity index (χ1n) is 6.17. The SMILES string of the molecule is O=C(O)c1ccc(NCCc2cc(F)cc(F)c2)c(Br)c1. The predicted octanol–water partition coefficient (Wildman–Crippen LogP) is 4.08. The van der Waals surface area contributed by atoms with Crippen molar-refractivity contribution in [2.75, 3.05) is 11.9 Å². The first-order chi connectivity index (χ1) is 9.95. The zero-order valence-electron chi connectivity index (χ0n) is 10.9. The van der Waals surface area contributed by atoms with E-state index in [4.69, 9.17) is 5.11 Å². The third-order valence-corrected chi connectivity index (χ3v) is 3.52. The maximum Gasteiger partial charge on any atom is 0.335 e. The highest BCUT2D eigenvalue weighted by molar-refractivity contribution is 9.10. The fourth-order valence-electron chi connectivity index (χ4n) is 1.89. The Morgan fingerprint density at radius 2 is 1.81 bits per heavy atom. The number of aromatic carboxylic acids is 1. The van der Waals surface area contributed by atoms with E-state index in [1.165, 1.54) is 24.3 Å². The van der Waals surface area contributed by atoms with Gasteiger partial charge in [0.05, 0.1) is 5.56 Å². The zero-order valence-corrected chi connectivity index (χ0v) is 12.5. The van der Waals surface area contributed by atoms with Gasteiger partial charge in [0.2, 0.25) is 0 Å². The summed E-state index contributed by atoms with van der Waals surface area (Å²) in [4.78, 5) is 10.8. The van der Waals surface area contributed by atoms with Crippen molar-refractivity contribution in [3.63, 3.8) is 0 Å². The van der Waals surface area contributed by atoms with Crippen LogP contribution in [0.1, 0.15) is 15.9 Å². The molecule has 2 N–H and O–H groups in total. The highest BCUT2D eigenvalue weighted by Crippen LogP contribution is 2.23. The molecule has 0 bridgehead atoms. The van der Waals surface area contributed by atoms with Gasteiger partial charge in [-0.3, -0.25) is 0 Å². The van der Waals surface area contributed by atoms with E-state index in [-0.39, 0.29) is 5.56 Å². The molecule has 6 heteroatoms. The molecule has 0 aromatic heterocycles. The van der Waals surface area contributed by atoms with Crippen LogP contribution in [0.15, 0.2) is 40.9 Å². The number of anilines is 1. The third-order valence-electron chi connectivity index (χ3n) is 2.87. The van der Waals surface area contributed by atoms with Crippen LogP contribution in [0.5, 0.6) is 0 Å². The van der Waals surface area contributed by atoms with Gasteiger partial charge in [-0.15, -0.1) is 0 Å². The Labute approximate surface area is 128 Å². The molecule has 0 heterocycles. The molecule has 0 aliphatic rings. The number of carbonyl (C=O) groups is 1. The van der Waals surface area contributed by atoms with Crippen LogP contribution in [0.3, 0.4) is 0 Å². The number of hydrogen-bond donors (Lipinski definition) is 2. The molecular weight excluding hydrogens is 344 g/mol. The molecule has 0 aliphatic heterocycles. The van der Waals surface area contributed by atoms with Crippen LogP contribution in [0, 0.1) is 11.6 Å². The summed E-state index contributed by atoms with van der Waals surface area (Å²) < 4.78 is 26.7. The highest BCUT2D eigenvalue weighted by atomic mass is 79.9. The average Bonchev–Trinajstić information content (AvgIpc) is 2.39. The molecule has 0 atom stereocenters. The fraction of sp³-hybridized carbons (Fsp3) is 0.133. The van der Waals surface area contributed by atoms with Crippen LogP contribution in [0.4, 0.5) is 14.5 Å². The van der Waals surface area contributed by atoms with Crippen molar-refractivity contribution in [3.8, 4) is 0 Å². The Hall–Kier alpha value is -1.95. The summed E-state index contributed by atoms with van der Waals surface area (Å²) in [6.45, 7) is 0.466. The monoisotopic (exact) mass is 355 g/mol. The first kappa shape index (κ1) is 15.4. The lowest BCUT2D eigenvalue weighted by atomic mass is 10.1. The Balaban J connectivity index is 1.98. The topological polar surface area (TPSA) is 49.3 Å². The van der Waals surface area contributed by atoms with Crippen LogP contribution < -0.4 is 5.32 Å². The summed E-state index contributed by atoms with van der Waals surface area (Å²) in [5, 5.41) is 11.9. The van der Waals surface area contributed by atoms with Crippen molar-refractivity contribution in [2.24, 2.45) is 0 Å². The van der Waals surface area contributed by atoms with Crippen LogP contribution in [0.2, 0.25) is 0 Å². The largest absolute Gasteiger partial charge is 0.478 e. The van der Waals surface area contributed by atoms with Gasteiger partial charge >= 0.3 is 5.97 Å². The van der Waals surface area contributed by atoms with E-state index in [9.17, 15) is 13.6 Å². The molecule has 2 aromatic rings. The Morgan fingerprint density at radius 1 is 1.14 bits per heavy atom. The van der Waals surface area contributed by atoms with E-state index in [0.29, 0.717) is 23.0 Å². The number of rotatable bonds is 5. The van der Waals surface area contributed by atoms with Crippen LogP contribution in [-0.4, -0.2) is 17.6 Å². The van der Waals surface area contributed by atoms with E-state index < -0.39 is 17.6 Å². The molecule has 21 heavy (non-hydrogen) atoms. The molecule has 0 saturated carbocycles. The quantitative estimate of drug-likeness (QED) is 0.849. The van der Waals surface area contributed by atoms with Gasteiger partial charge in [0.1, 0.15) is 11.6 Å². The summed E-state index contributed by atoms with van der Waals surface area (Å²) in [6.07, 6.45) is 0.446. The Bertz CT molecular complexity index is 656. The molecule has 0 amide bonds. The summed E-state index contributed by atoms with van der Waals surface area (Å²) in [6, 6.07) is 8.02. The lowest BCUT2D eigenvalue weighted by molar-refractivity contribution is 0.0697. The number of carboxylic acids is 1. The predicted molar refractivity (Wildman–Crippen MR) is 79.7 cm³/mol. The number of hydrogen-bond acceptors (Lipinski definition) is 2. The van der Waals surface area contributed by atoms with Crippen molar-refractivity contribution in [1.29, 1.82) is 0 Å². The number of carboxylic acid groups (broad SMARTS) is 1. The minimum absolute atomic E-state index is 0.180. The molecule has 0 fully saturated rings. The van der Waals surface area contributed by atoms with Gasteiger partial charge in [-0.1, -0.05) is 0 Å². The Morgan fingerprint density at radius 3 is 2.38 bits per heavy atom. The third kappa shape index (κ3) is 4.26. The minimum Gasteiger partial charge on any atom is -0.478 e. The van der Waals surface area contributed by atoms with Crippen molar-refractivity contribution < 1.29 is 18.7 Å². The summed E-state index contributed by atoms with van der Waals surface area (Å²) in [5.74, 6) is -2.20. The van der Waals surface area contributed by atoms with E-state index >= 15 is 0 Å². The van der Waals surface area contributed by atoms with Gasteiger partial charge in [0.15, 0.2) is 0 Å². The van der Waals surface area contributed by atoms with Crippen molar-refractivity contribution in [3.05, 3.63) is 63.6 Å². The highest BCUT2D eigenvalue weighted by Gasteiger charge is 2.06. The van der Waals surface area contributed by atoms with Crippen molar-refractivity contribution in [2.45, 2.75) is 6.42 Å². The van der Waals surface area contributed by atoms with Crippen molar-refractivity contribution >= 4 is 27.6 Å². The van der Waals surface area contributed by atoms with Crippen LogP contribution in [0.25, 0.3) is 0 Å². The van der Waals surface area contributed by atoms with Gasteiger partial charge in [-0.2, -0.15) is 0 Å². The molecule has 110 valence electrons. The van der Waals surface area contributed by atoms with Crippen LogP contribution >= 0.6 is 15.9 Å². The number of halogens is 3. The van der Waals surface area contributed by atoms with E-state index in [0.717, 1.165) is 11.8 Å². The lowest BCUT2D eigenvalue weighted by Crippen LogP contribution is -2.06. The normalized spacial score (nSPS) is 10.4. The van der Waals surface area contributed by atoms with E-state index in [1.54, 1.807) is 6.07 Å². The standard InChI is InChI=1S/C15H12BrF2NO2/c16-13-7-10(15(20)21)1-2-14(13)19-4-3-9-5-11(17)8-12(18)6-9/h1-2,5-8,19H,3-4H2,(H,20,21). The number of benzene rings is 2. The molecule has 2 aromatic carbocycles. The maximum atomic E-state index is 13.0. The molecule has 2 rings (SSSR count). The molecule has 0 spiro atoms. The summed E-state index contributed by atoms with van der Waals surface area (Å²) >= 11 is 3.28. The average molecular weight is 356 g/mol. The van der Waals surface area contributed by atoms with Gasteiger partial charge in [0.25, 0.3) is 0 Å². The van der Waals surface area contributed by atoms with Gasteiger partial charge in [0, 0.05) is 22.8 Å². The molecule has 0 saturated heterocycles. The molecule has 0 unspecified atom stereocenters. The van der Waals surface area contributed by atoms with Gasteiger partial charge in [-0.25, -0.2) is 13.6 Å². The smallest absolute Gasteiger partial charge is 0.335 e. The molecule has 0 aliphatic carbocycles. The first-order valence-corrected chi connectivity index (χ1v) is 6.96. The van der Waals surface area contributed by atoms with Gasteiger partial charge < -0.3 is 10.4 Å². The molecule has 0 radical (unpaired) electrons. The van der Waals surface area contributed by atoms with E-state index in [1.807, 2.05) is 0 Å². The lowest BCUT2D eigenvalue weighted by Gasteiger charge is -2.09.